The lowest BCUT2D eigenvalue weighted by Crippen LogP contribution is -2.37. The zero-order chi connectivity index (χ0) is 15.8. The lowest BCUT2D eigenvalue weighted by atomic mass is 9.70. The molecule has 1 fully saturated rings. The molecule has 0 heterocycles. The van der Waals surface area contributed by atoms with Gasteiger partial charge in [-0.1, -0.05) is 26.8 Å². The van der Waals surface area contributed by atoms with Crippen LogP contribution in [0.5, 0.6) is 0 Å². The van der Waals surface area contributed by atoms with E-state index in [-0.39, 0.29) is 6.04 Å². The molecule has 0 aromatic heterocycles. The van der Waals surface area contributed by atoms with Crippen LogP contribution in [0.4, 0.5) is 18.9 Å². The lowest BCUT2D eigenvalue weighted by molar-refractivity contribution is -0.137. The van der Waals surface area contributed by atoms with E-state index in [1.807, 2.05) is 6.92 Å². The smallest absolute Gasteiger partial charge is 0.382 e. The summed E-state index contributed by atoms with van der Waals surface area (Å²) < 4.78 is 38.5. The number of hydrogen-bond acceptors (Lipinski definition) is 1. The van der Waals surface area contributed by atoms with E-state index in [0.717, 1.165) is 30.9 Å². The van der Waals surface area contributed by atoms with Crippen molar-refractivity contribution in [3.05, 3.63) is 29.3 Å². The Labute approximate surface area is 124 Å². The lowest BCUT2D eigenvalue weighted by Gasteiger charge is -2.40. The van der Waals surface area contributed by atoms with Gasteiger partial charge in [-0.15, -0.1) is 0 Å². The number of aryl methyl sites for hydroxylation is 1. The van der Waals surface area contributed by atoms with Crippen molar-refractivity contribution >= 4 is 5.69 Å². The first-order chi connectivity index (χ1) is 9.58. The summed E-state index contributed by atoms with van der Waals surface area (Å²) in [5.41, 5.74) is 1.22. The fraction of sp³-hybridized carbons (Fsp3) is 0.647. The van der Waals surface area contributed by atoms with Gasteiger partial charge < -0.3 is 5.32 Å². The highest BCUT2D eigenvalue weighted by Crippen LogP contribution is 2.40. The molecule has 1 aromatic carbocycles. The average Bonchev–Trinajstić information content (AvgIpc) is 2.33. The van der Waals surface area contributed by atoms with E-state index < -0.39 is 11.7 Å². The first-order valence-electron chi connectivity index (χ1n) is 7.53. The molecule has 2 unspecified atom stereocenters. The molecule has 0 aliphatic heterocycles. The van der Waals surface area contributed by atoms with Gasteiger partial charge in [-0.3, -0.25) is 0 Å². The van der Waals surface area contributed by atoms with E-state index in [0.29, 0.717) is 17.0 Å². The summed E-state index contributed by atoms with van der Waals surface area (Å²) in [6.07, 6.45) is -1.08. The van der Waals surface area contributed by atoms with Crippen LogP contribution < -0.4 is 5.32 Å². The summed E-state index contributed by atoms with van der Waals surface area (Å²) in [6.45, 7) is 8.55. The van der Waals surface area contributed by atoms with Gasteiger partial charge in [0.05, 0.1) is 5.56 Å². The molecular formula is C17H24F3N. The quantitative estimate of drug-likeness (QED) is 0.745. The van der Waals surface area contributed by atoms with Crippen LogP contribution in [0.2, 0.25) is 0 Å². The molecule has 1 aliphatic carbocycles. The van der Waals surface area contributed by atoms with Crippen LogP contribution in [-0.2, 0) is 6.18 Å². The Bertz CT molecular complexity index is 505. The molecule has 118 valence electrons. The third-order valence-corrected chi connectivity index (χ3v) is 4.60. The molecule has 0 spiro atoms. The second-order valence-corrected chi connectivity index (χ2v) is 7.16. The van der Waals surface area contributed by atoms with Crippen LogP contribution in [-0.4, -0.2) is 6.04 Å². The average molecular weight is 299 g/mol. The molecule has 2 rings (SSSR count). The van der Waals surface area contributed by atoms with Crippen molar-refractivity contribution in [1.29, 1.82) is 0 Å². The van der Waals surface area contributed by atoms with Crippen molar-refractivity contribution in [2.24, 2.45) is 11.3 Å². The van der Waals surface area contributed by atoms with Gasteiger partial charge in [0.25, 0.3) is 0 Å². The molecule has 0 bridgehead atoms. The monoisotopic (exact) mass is 299 g/mol. The molecule has 4 heteroatoms. The highest BCUT2D eigenvalue weighted by Gasteiger charge is 2.34. The fourth-order valence-corrected chi connectivity index (χ4v) is 3.31. The number of nitrogens with one attached hydrogen (secondary N) is 1. The first kappa shape index (κ1) is 16.2. The molecule has 1 aliphatic rings. The summed E-state index contributed by atoms with van der Waals surface area (Å²) in [5.74, 6) is 0.461. The van der Waals surface area contributed by atoms with E-state index in [9.17, 15) is 13.2 Å². The molecular weight excluding hydrogens is 275 g/mol. The Balaban J connectivity index is 2.16. The van der Waals surface area contributed by atoms with E-state index in [1.54, 1.807) is 6.07 Å². The third kappa shape index (κ3) is 3.92. The summed E-state index contributed by atoms with van der Waals surface area (Å²) in [6, 6.07) is 4.18. The summed E-state index contributed by atoms with van der Waals surface area (Å²) >= 11 is 0. The van der Waals surface area contributed by atoms with Gasteiger partial charge in [0.15, 0.2) is 0 Å². The number of alkyl halides is 3. The van der Waals surface area contributed by atoms with Crippen molar-refractivity contribution in [2.75, 3.05) is 5.32 Å². The normalized spacial score (nSPS) is 25.7. The van der Waals surface area contributed by atoms with Gasteiger partial charge in [-0.2, -0.15) is 13.2 Å². The zero-order valence-corrected chi connectivity index (χ0v) is 13.1. The maximum Gasteiger partial charge on any atom is 0.416 e. The molecule has 2 atom stereocenters. The highest BCUT2D eigenvalue weighted by atomic mass is 19.4. The molecule has 0 radical (unpaired) electrons. The Hall–Kier alpha value is -1.19. The van der Waals surface area contributed by atoms with Crippen molar-refractivity contribution in [3.63, 3.8) is 0 Å². The van der Waals surface area contributed by atoms with E-state index >= 15 is 0 Å². The third-order valence-electron chi connectivity index (χ3n) is 4.60. The number of halogens is 3. The predicted molar refractivity (Wildman–Crippen MR) is 80.4 cm³/mol. The van der Waals surface area contributed by atoms with Crippen LogP contribution in [0.25, 0.3) is 0 Å². The standard InChI is InChI=1S/C17H24F3N/c1-11-5-6-13(17(18,19)20)9-15(11)21-14-7-8-16(3,4)10-12(14)2/h5-6,9,12,14,21H,7-8,10H2,1-4H3. The van der Waals surface area contributed by atoms with Gasteiger partial charge >= 0.3 is 6.18 Å². The first-order valence-corrected chi connectivity index (χ1v) is 7.53. The molecule has 0 amide bonds. The summed E-state index contributed by atoms with van der Waals surface area (Å²) in [7, 11) is 0. The highest BCUT2D eigenvalue weighted by molar-refractivity contribution is 5.54. The zero-order valence-electron chi connectivity index (χ0n) is 13.1. The number of rotatable bonds is 2. The second kappa shape index (κ2) is 5.54. The topological polar surface area (TPSA) is 12.0 Å². The number of anilines is 1. The minimum Gasteiger partial charge on any atom is -0.382 e. The van der Waals surface area contributed by atoms with Gasteiger partial charge in [-0.25, -0.2) is 0 Å². The van der Waals surface area contributed by atoms with Gasteiger partial charge in [0.1, 0.15) is 0 Å². The number of hydrogen-bond donors (Lipinski definition) is 1. The van der Waals surface area contributed by atoms with Crippen LogP contribution >= 0.6 is 0 Å². The Morgan fingerprint density at radius 2 is 1.90 bits per heavy atom. The second-order valence-electron chi connectivity index (χ2n) is 7.16. The predicted octanol–water partition coefficient (Wildman–Crippen LogP) is 5.64. The molecule has 0 saturated heterocycles. The minimum atomic E-state index is -4.29. The van der Waals surface area contributed by atoms with Crippen LogP contribution in [0, 0.1) is 18.3 Å². The van der Waals surface area contributed by atoms with Gasteiger partial charge in [0.2, 0.25) is 0 Å². The van der Waals surface area contributed by atoms with Crippen molar-refractivity contribution in [2.45, 2.75) is 59.2 Å². The van der Waals surface area contributed by atoms with Crippen molar-refractivity contribution in [3.8, 4) is 0 Å². The van der Waals surface area contributed by atoms with Crippen molar-refractivity contribution < 1.29 is 13.2 Å². The maximum atomic E-state index is 12.8. The van der Waals surface area contributed by atoms with Crippen LogP contribution in [0.3, 0.4) is 0 Å². The molecule has 1 N–H and O–H groups in total. The molecule has 1 nitrogen and oxygen atoms in total. The Morgan fingerprint density at radius 3 is 2.48 bits per heavy atom. The maximum absolute atomic E-state index is 12.8. The van der Waals surface area contributed by atoms with Crippen molar-refractivity contribution in [1.82, 2.24) is 0 Å². The van der Waals surface area contributed by atoms with Crippen LogP contribution in [0.15, 0.2) is 18.2 Å². The SMILES string of the molecule is Cc1ccc(C(F)(F)F)cc1NC1CCC(C)(C)CC1C. The van der Waals surface area contributed by atoms with Crippen LogP contribution in [0.1, 0.15) is 51.2 Å². The fourth-order valence-electron chi connectivity index (χ4n) is 3.31. The van der Waals surface area contributed by atoms with E-state index in [4.69, 9.17) is 0 Å². The van der Waals surface area contributed by atoms with Gasteiger partial charge in [-0.05, 0) is 55.2 Å². The largest absolute Gasteiger partial charge is 0.416 e. The Kier molecular flexibility index (Phi) is 4.27. The minimum absolute atomic E-state index is 0.250. The van der Waals surface area contributed by atoms with E-state index in [1.165, 1.54) is 6.07 Å². The number of benzene rings is 1. The Morgan fingerprint density at radius 1 is 1.24 bits per heavy atom. The van der Waals surface area contributed by atoms with Gasteiger partial charge in [0, 0.05) is 11.7 Å². The molecule has 1 aromatic rings. The summed E-state index contributed by atoms with van der Waals surface area (Å²) in [5, 5.41) is 3.35. The molecule has 1 saturated carbocycles. The van der Waals surface area contributed by atoms with E-state index in [2.05, 4.69) is 26.1 Å². The summed E-state index contributed by atoms with van der Waals surface area (Å²) in [4.78, 5) is 0. The molecule has 21 heavy (non-hydrogen) atoms.